The summed E-state index contributed by atoms with van der Waals surface area (Å²) in [7, 11) is 0. The molecule has 1 fully saturated rings. The number of carbonyl (C=O) groups excluding carboxylic acids is 3. The number of amides is 1. The van der Waals surface area contributed by atoms with Crippen LogP contribution in [0.15, 0.2) is 18.2 Å². The van der Waals surface area contributed by atoms with Crippen LogP contribution in [0.25, 0.3) is 0 Å². The SMILES string of the molecule is CCOC(=O)CC(=O)C1(c2cc(F)cc(F)c2)CCCN1C(=O)OC(C)(C)C. The average Bonchev–Trinajstić information content (AvgIpc) is 2.98. The van der Waals surface area contributed by atoms with E-state index < -0.39 is 47.0 Å². The lowest BCUT2D eigenvalue weighted by Gasteiger charge is -2.38. The Bertz CT molecular complexity index is 754. The van der Waals surface area contributed by atoms with Crippen LogP contribution in [0.2, 0.25) is 0 Å². The van der Waals surface area contributed by atoms with Gasteiger partial charge in [0.15, 0.2) is 5.78 Å². The zero-order valence-corrected chi connectivity index (χ0v) is 16.5. The third-order valence-electron chi connectivity index (χ3n) is 4.41. The second-order valence-electron chi connectivity index (χ2n) is 7.66. The number of Topliss-reactive ketones (excluding diaryl/α,β-unsaturated/α-hetero) is 1. The van der Waals surface area contributed by atoms with Gasteiger partial charge < -0.3 is 9.47 Å². The molecule has 0 saturated carbocycles. The minimum absolute atomic E-state index is 0.0253. The second kappa shape index (κ2) is 8.24. The number of hydrogen-bond acceptors (Lipinski definition) is 5. The number of carbonyl (C=O) groups is 3. The van der Waals surface area contributed by atoms with Crippen molar-refractivity contribution in [3.05, 3.63) is 35.4 Å². The molecule has 0 aliphatic carbocycles. The normalized spacial score (nSPS) is 19.4. The highest BCUT2D eigenvalue weighted by Crippen LogP contribution is 2.42. The van der Waals surface area contributed by atoms with E-state index in [-0.39, 0.29) is 25.1 Å². The number of ketones is 1. The smallest absolute Gasteiger partial charge is 0.411 e. The van der Waals surface area contributed by atoms with Crippen molar-refractivity contribution in [1.29, 1.82) is 0 Å². The van der Waals surface area contributed by atoms with Gasteiger partial charge in [-0.15, -0.1) is 0 Å². The summed E-state index contributed by atoms with van der Waals surface area (Å²) in [4.78, 5) is 39.0. The van der Waals surface area contributed by atoms with Gasteiger partial charge in [0, 0.05) is 12.6 Å². The first-order valence-corrected chi connectivity index (χ1v) is 9.15. The van der Waals surface area contributed by atoms with Crippen LogP contribution in [0.3, 0.4) is 0 Å². The fraction of sp³-hybridized carbons (Fsp3) is 0.550. The molecular formula is C20H25F2NO5. The van der Waals surface area contributed by atoms with Crippen LogP contribution < -0.4 is 0 Å². The Labute approximate surface area is 162 Å². The van der Waals surface area contributed by atoms with Crippen molar-refractivity contribution < 1.29 is 32.6 Å². The van der Waals surface area contributed by atoms with Crippen molar-refractivity contribution in [3.63, 3.8) is 0 Å². The molecule has 2 rings (SSSR count). The molecule has 0 bridgehead atoms. The van der Waals surface area contributed by atoms with Crippen LogP contribution in [-0.2, 0) is 24.6 Å². The third-order valence-corrected chi connectivity index (χ3v) is 4.41. The van der Waals surface area contributed by atoms with Gasteiger partial charge in [0.2, 0.25) is 0 Å². The Morgan fingerprint density at radius 1 is 1.14 bits per heavy atom. The molecule has 1 aromatic rings. The molecule has 1 atom stereocenters. The quantitative estimate of drug-likeness (QED) is 0.559. The monoisotopic (exact) mass is 397 g/mol. The zero-order chi connectivity index (χ0) is 21.1. The summed E-state index contributed by atoms with van der Waals surface area (Å²) in [5.41, 5.74) is -2.55. The molecule has 1 aromatic carbocycles. The van der Waals surface area contributed by atoms with Crippen molar-refractivity contribution in [1.82, 2.24) is 4.90 Å². The standard InChI is InChI=1S/C20H25F2NO5/c1-5-27-17(25)12-16(24)20(13-9-14(21)11-15(22)10-13)7-6-8-23(20)18(26)28-19(2,3)4/h9-11H,5-8,12H2,1-4H3. The summed E-state index contributed by atoms with van der Waals surface area (Å²) in [5.74, 6) is -3.19. The average molecular weight is 397 g/mol. The highest BCUT2D eigenvalue weighted by molar-refractivity contribution is 6.03. The van der Waals surface area contributed by atoms with Gasteiger partial charge >= 0.3 is 12.1 Å². The van der Waals surface area contributed by atoms with E-state index in [0.29, 0.717) is 12.5 Å². The lowest BCUT2D eigenvalue weighted by atomic mass is 9.81. The van der Waals surface area contributed by atoms with Gasteiger partial charge in [0.25, 0.3) is 0 Å². The van der Waals surface area contributed by atoms with Crippen LogP contribution >= 0.6 is 0 Å². The zero-order valence-electron chi connectivity index (χ0n) is 16.5. The Kier molecular flexibility index (Phi) is 6.41. The molecule has 6 nitrogen and oxygen atoms in total. The number of nitrogens with zero attached hydrogens (tertiary/aromatic N) is 1. The number of esters is 1. The molecular weight excluding hydrogens is 372 g/mol. The molecule has 1 amide bonds. The molecule has 1 heterocycles. The molecule has 0 radical (unpaired) electrons. The van der Waals surface area contributed by atoms with E-state index in [1.165, 1.54) is 0 Å². The second-order valence-corrected chi connectivity index (χ2v) is 7.66. The lowest BCUT2D eigenvalue weighted by Crippen LogP contribution is -2.52. The first-order chi connectivity index (χ1) is 13.0. The number of likely N-dealkylation sites (tertiary alicyclic amines) is 1. The minimum atomic E-state index is -1.70. The van der Waals surface area contributed by atoms with E-state index in [1.807, 2.05) is 0 Å². The summed E-state index contributed by atoms with van der Waals surface area (Å²) in [6.45, 7) is 6.86. The van der Waals surface area contributed by atoms with Crippen LogP contribution in [0.5, 0.6) is 0 Å². The molecule has 154 valence electrons. The maximum Gasteiger partial charge on any atom is 0.411 e. The van der Waals surface area contributed by atoms with Gasteiger partial charge in [-0.25, -0.2) is 13.6 Å². The summed E-state index contributed by atoms with van der Waals surface area (Å²) in [6, 6.07) is 2.70. The lowest BCUT2D eigenvalue weighted by molar-refractivity contribution is -0.148. The maximum atomic E-state index is 13.9. The summed E-state index contributed by atoms with van der Waals surface area (Å²) in [6.07, 6.45) is -0.878. The molecule has 1 saturated heterocycles. The number of ether oxygens (including phenoxy) is 2. The highest BCUT2D eigenvalue weighted by atomic mass is 19.1. The van der Waals surface area contributed by atoms with Gasteiger partial charge in [-0.05, 0) is 58.2 Å². The fourth-order valence-electron chi connectivity index (χ4n) is 3.42. The number of benzene rings is 1. The summed E-state index contributed by atoms with van der Waals surface area (Å²) < 4.78 is 38.1. The number of halogens is 2. The minimum Gasteiger partial charge on any atom is -0.466 e. The molecule has 28 heavy (non-hydrogen) atoms. The Balaban J connectivity index is 2.53. The van der Waals surface area contributed by atoms with Gasteiger partial charge in [-0.2, -0.15) is 0 Å². The van der Waals surface area contributed by atoms with Crippen LogP contribution in [0.4, 0.5) is 13.6 Å². The van der Waals surface area contributed by atoms with Crippen molar-refractivity contribution in [2.75, 3.05) is 13.2 Å². The molecule has 0 aromatic heterocycles. The van der Waals surface area contributed by atoms with Gasteiger partial charge in [-0.1, -0.05) is 0 Å². The largest absolute Gasteiger partial charge is 0.466 e. The van der Waals surface area contributed by atoms with E-state index >= 15 is 0 Å². The van der Waals surface area contributed by atoms with E-state index in [9.17, 15) is 23.2 Å². The fourth-order valence-corrected chi connectivity index (χ4v) is 3.42. The van der Waals surface area contributed by atoms with Crippen LogP contribution in [0, 0.1) is 11.6 Å². The first kappa shape index (κ1) is 21.8. The molecule has 1 unspecified atom stereocenters. The number of rotatable bonds is 5. The molecule has 1 aliphatic heterocycles. The Morgan fingerprint density at radius 2 is 1.75 bits per heavy atom. The van der Waals surface area contributed by atoms with Crippen molar-refractivity contribution in [2.24, 2.45) is 0 Å². The molecule has 8 heteroatoms. The van der Waals surface area contributed by atoms with Crippen LogP contribution in [0.1, 0.15) is 52.5 Å². The molecule has 0 N–H and O–H groups in total. The van der Waals surface area contributed by atoms with E-state index in [2.05, 4.69) is 0 Å². The molecule has 0 spiro atoms. The third kappa shape index (κ3) is 4.66. The van der Waals surface area contributed by atoms with E-state index in [1.54, 1.807) is 27.7 Å². The molecule has 1 aliphatic rings. The topological polar surface area (TPSA) is 72.9 Å². The maximum absolute atomic E-state index is 13.9. The first-order valence-electron chi connectivity index (χ1n) is 9.15. The van der Waals surface area contributed by atoms with Crippen molar-refractivity contribution in [3.8, 4) is 0 Å². The van der Waals surface area contributed by atoms with Gasteiger partial charge in [0.1, 0.15) is 29.2 Å². The highest BCUT2D eigenvalue weighted by Gasteiger charge is 2.52. The van der Waals surface area contributed by atoms with Gasteiger partial charge in [0.05, 0.1) is 6.61 Å². The summed E-state index contributed by atoms with van der Waals surface area (Å²) >= 11 is 0. The number of hydrogen-bond donors (Lipinski definition) is 0. The Hall–Kier alpha value is -2.51. The van der Waals surface area contributed by atoms with E-state index in [4.69, 9.17) is 9.47 Å². The Morgan fingerprint density at radius 3 is 2.29 bits per heavy atom. The summed E-state index contributed by atoms with van der Waals surface area (Å²) in [5, 5.41) is 0. The van der Waals surface area contributed by atoms with Crippen LogP contribution in [-0.4, -0.2) is 41.5 Å². The van der Waals surface area contributed by atoms with Crippen molar-refractivity contribution in [2.45, 2.75) is 58.1 Å². The predicted molar refractivity (Wildman–Crippen MR) is 96.5 cm³/mol. The van der Waals surface area contributed by atoms with Crippen molar-refractivity contribution >= 4 is 17.8 Å². The van der Waals surface area contributed by atoms with E-state index in [0.717, 1.165) is 17.0 Å². The predicted octanol–water partition coefficient (Wildman–Crippen LogP) is 3.71. The van der Waals surface area contributed by atoms with Gasteiger partial charge in [-0.3, -0.25) is 14.5 Å².